The van der Waals surface area contributed by atoms with Crippen molar-refractivity contribution in [2.45, 2.75) is 6.42 Å². The van der Waals surface area contributed by atoms with Crippen LogP contribution in [0.1, 0.15) is 11.1 Å². The topological polar surface area (TPSA) is 72.3 Å². The van der Waals surface area contributed by atoms with Crippen molar-refractivity contribution in [3.63, 3.8) is 0 Å². The quantitative estimate of drug-likeness (QED) is 0.928. The van der Waals surface area contributed by atoms with Crippen molar-refractivity contribution in [1.82, 2.24) is 15.2 Å². The predicted molar refractivity (Wildman–Crippen MR) is 96.3 cm³/mol. The van der Waals surface area contributed by atoms with Crippen LogP contribution in [0.3, 0.4) is 0 Å². The van der Waals surface area contributed by atoms with Gasteiger partial charge in [-0.05, 0) is 24.1 Å². The van der Waals surface area contributed by atoms with Crippen LogP contribution in [0.25, 0.3) is 0 Å². The van der Waals surface area contributed by atoms with Crippen LogP contribution in [-0.2, 0) is 6.42 Å². The maximum absolute atomic E-state index is 12.3. The highest BCUT2D eigenvalue weighted by atomic mass is 16.2. The van der Waals surface area contributed by atoms with E-state index in [1.54, 1.807) is 18.3 Å². The molecule has 25 heavy (non-hydrogen) atoms. The van der Waals surface area contributed by atoms with Gasteiger partial charge < -0.3 is 15.1 Å². The molecule has 6 nitrogen and oxygen atoms in total. The molecule has 1 aromatic carbocycles. The number of hydrogen-bond acceptors (Lipinski definition) is 4. The molecule has 1 N–H and O–H groups in total. The highest BCUT2D eigenvalue weighted by molar-refractivity contribution is 5.74. The SMILES string of the molecule is N#Cc1cccnc1N1CCN(C(=O)NCCc2ccccc2)CC1. The van der Waals surface area contributed by atoms with Crippen LogP contribution in [0.2, 0.25) is 0 Å². The normalized spacial score (nSPS) is 14.0. The monoisotopic (exact) mass is 335 g/mol. The second kappa shape index (κ2) is 8.15. The first kappa shape index (κ1) is 16.8. The van der Waals surface area contributed by atoms with Crippen molar-refractivity contribution in [1.29, 1.82) is 5.26 Å². The summed E-state index contributed by atoms with van der Waals surface area (Å²) in [4.78, 5) is 20.5. The summed E-state index contributed by atoms with van der Waals surface area (Å²) in [6.07, 6.45) is 2.52. The van der Waals surface area contributed by atoms with Gasteiger partial charge in [-0.25, -0.2) is 9.78 Å². The Morgan fingerprint density at radius 2 is 1.88 bits per heavy atom. The van der Waals surface area contributed by atoms with Crippen LogP contribution in [0.5, 0.6) is 0 Å². The van der Waals surface area contributed by atoms with Gasteiger partial charge in [0.2, 0.25) is 0 Å². The fourth-order valence-corrected chi connectivity index (χ4v) is 2.93. The molecule has 1 aromatic heterocycles. The van der Waals surface area contributed by atoms with Crippen molar-refractivity contribution >= 4 is 11.8 Å². The molecule has 0 bridgehead atoms. The lowest BCUT2D eigenvalue weighted by Gasteiger charge is -2.35. The van der Waals surface area contributed by atoms with Gasteiger partial charge in [0.25, 0.3) is 0 Å². The number of pyridine rings is 1. The molecule has 6 heteroatoms. The molecule has 2 aromatic rings. The fourth-order valence-electron chi connectivity index (χ4n) is 2.93. The number of aromatic nitrogens is 1. The molecule has 0 saturated carbocycles. The second-order valence-corrected chi connectivity index (χ2v) is 5.93. The molecule has 128 valence electrons. The number of piperazine rings is 1. The molecule has 2 heterocycles. The molecular formula is C19H21N5O. The van der Waals surface area contributed by atoms with E-state index in [1.165, 1.54) is 5.56 Å². The number of urea groups is 1. The molecule has 0 radical (unpaired) electrons. The highest BCUT2D eigenvalue weighted by Gasteiger charge is 2.23. The van der Waals surface area contributed by atoms with E-state index in [4.69, 9.17) is 0 Å². The van der Waals surface area contributed by atoms with Gasteiger partial charge in [0, 0.05) is 38.9 Å². The zero-order valence-corrected chi connectivity index (χ0v) is 14.1. The molecule has 1 aliphatic heterocycles. The third kappa shape index (κ3) is 4.27. The van der Waals surface area contributed by atoms with Crippen LogP contribution in [0, 0.1) is 11.3 Å². The van der Waals surface area contributed by atoms with Gasteiger partial charge in [0.15, 0.2) is 0 Å². The number of anilines is 1. The maximum Gasteiger partial charge on any atom is 0.317 e. The van der Waals surface area contributed by atoms with Crippen molar-refractivity contribution in [2.75, 3.05) is 37.6 Å². The van der Waals surface area contributed by atoms with E-state index in [1.807, 2.05) is 23.1 Å². The van der Waals surface area contributed by atoms with Gasteiger partial charge in [-0.15, -0.1) is 0 Å². The molecule has 3 rings (SSSR count). The van der Waals surface area contributed by atoms with Crippen LogP contribution in [-0.4, -0.2) is 48.6 Å². The minimum atomic E-state index is -0.0305. The van der Waals surface area contributed by atoms with Crippen LogP contribution in [0.4, 0.5) is 10.6 Å². The van der Waals surface area contributed by atoms with E-state index in [9.17, 15) is 10.1 Å². The molecule has 0 aliphatic carbocycles. The third-order valence-electron chi connectivity index (χ3n) is 4.31. The Balaban J connectivity index is 1.47. The number of hydrogen-bond donors (Lipinski definition) is 1. The Morgan fingerprint density at radius 3 is 2.60 bits per heavy atom. The Morgan fingerprint density at radius 1 is 1.12 bits per heavy atom. The first-order chi connectivity index (χ1) is 12.3. The predicted octanol–water partition coefficient (Wildman–Crippen LogP) is 2.03. The number of rotatable bonds is 4. The zero-order chi connectivity index (χ0) is 17.5. The van der Waals surface area contributed by atoms with Gasteiger partial charge in [-0.3, -0.25) is 0 Å². The Labute approximate surface area is 147 Å². The lowest BCUT2D eigenvalue weighted by molar-refractivity contribution is 0.194. The number of nitrogens with one attached hydrogen (secondary N) is 1. The maximum atomic E-state index is 12.3. The summed E-state index contributed by atoms with van der Waals surface area (Å²) in [7, 11) is 0. The van der Waals surface area contributed by atoms with E-state index in [0.29, 0.717) is 44.1 Å². The van der Waals surface area contributed by atoms with E-state index < -0.39 is 0 Å². The second-order valence-electron chi connectivity index (χ2n) is 5.93. The van der Waals surface area contributed by atoms with Gasteiger partial charge in [-0.2, -0.15) is 5.26 Å². The molecule has 2 amide bonds. The molecule has 1 fully saturated rings. The lowest BCUT2D eigenvalue weighted by Crippen LogP contribution is -2.52. The van der Waals surface area contributed by atoms with Crippen LogP contribution >= 0.6 is 0 Å². The van der Waals surface area contributed by atoms with E-state index >= 15 is 0 Å². The standard InChI is InChI=1S/C19H21N5O/c20-15-17-7-4-9-21-18(17)23-11-13-24(14-12-23)19(25)22-10-8-16-5-2-1-3-6-16/h1-7,9H,8,10-14H2,(H,22,25). The third-order valence-corrected chi connectivity index (χ3v) is 4.31. The van der Waals surface area contributed by atoms with E-state index in [0.717, 1.165) is 6.42 Å². The summed E-state index contributed by atoms with van der Waals surface area (Å²) in [6.45, 7) is 3.23. The van der Waals surface area contributed by atoms with Crippen LogP contribution < -0.4 is 10.2 Å². The van der Waals surface area contributed by atoms with Crippen molar-refractivity contribution in [3.8, 4) is 6.07 Å². The average molecular weight is 335 g/mol. The minimum absolute atomic E-state index is 0.0305. The van der Waals surface area contributed by atoms with E-state index in [-0.39, 0.29) is 6.03 Å². The summed E-state index contributed by atoms with van der Waals surface area (Å²) in [5.74, 6) is 0.703. The number of nitrogens with zero attached hydrogens (tertiary/aromatic N) is 4. The summed E-state index contributed by atoms with van der Waals surface area (Å²) in [5.41, 5.74) is 1.79. The number of carbonyl (C=O) groups is 1. The zero-order valence-electron chi connectivity index (χ0n) is 14.1. The first-order valence-electron chi connectivity index (χ1n) is 8.44. The number of benzene rings is 1. The molecule has 1 aliphatic rings. The number of carbonyl (C=O) groups excluding carboxylic acids is 1. The summed E-state index contributed by atoms with van der Waals surface area (Å²) in [6, 6.07) is 15.8. The van der Waals surface area contributed by atoms with Crippen LogP contribution in [0.15, 0.2) is 48.7 Å². The number of amides is 2. The highest BCUT2D eigenvalue weighted by Crippen LogP contribution is 2.17. The lowest BCUT2D eigenvalue weighted by atomic mass is 10.1. The van der Waals surface area contributed by atoms with Gasteiger partial charge >= 0.3 is 6.03 Å². The number of nitriles is 1. The van der Waals surface area contributed by atoms with Crippen molar-refractivity contribution < 1.29 is 4.79 Å². The summed E-state index contributed by atoms with van der Waals surface area (Å²) in [5, 5.41) is 12.2. The first-order valence-corrected chi connectivity index (χ1v) is 8.44. The fraction of sp³-hybridized carbons (Fsp3) is 0.316. The van der Waals surface area contributed by atoms with E-state index in [2.05, 4.69) is 33.4 Å². The molecular weight excluding hydrogens is 314 g/mol. The Bertz CT molecular complexity index is 748. The molecule has 0 atom stereocenters. The van der Waals surface area contributed by atoms with Gasteiger partial charge in [0.1, 0.15) is 11.9 Å². The Kier molecular flexibility index (Phi) is 5.47. The largest absolute Gasteiger partial charge is 0.352 e. The van der Waals surface area contributed by atoms with Gasteiger partial charge in [-0.1, -0.05) is 30.3 Å². The summed E-state index contributed by atoms with van der Waals surface area (Å²) >= 11 is 0. The van der Waals surface area contributed by atoms with Crippen molar-refractivity contribution in [3.05, 3.63) is 59.8 Å². The van der Waals surface area contributed by atoms with Crippen molar-refractivity contribution in [2.24, 2.45) is 0 Å². The molecule has 0 unspecified atom stereocenters. The molecule has 0 spiro atoms. The summed E-state index contributed by atoms with van der Waals surface area (Å²) < 4.78 is 0. The Hall–Kier alpha value is -3.07. The van der Waals surface area contributed by atoms with Gasteiger partial charge in [0.05, 0.1) is 5.56 Å². The minimum Gasteiger partial charge on any atom is -0.352 e. The average Bonchev–Trinajstić information content (AvgIpc) is 2.69. The molecule has 1 saturated heterocycles. The smallest absolute Gasteiger partial charge is 0.317 e.